The van der Waals surface area contributed by atoms with Crippen LogP contribution in [-0.2, 0) is 0 Å². The molecule has 1 saturated heterocycles. The normalized spacial score (nSPS) is 17.3. The van der Waals surface area contributed by atoms with Crippen LogP contribution in [0.4, 0.5) is 21.8 Å². The van der Waals surface area contributed by atoms with Crippen LogP contribution in [0.1, 0.15) is 12.8 Å². The lowest BCUT2D eigenvalue weighted by atomic mass is 10.1. The van der Waals surface area contributed by atoms with Crippen molar-refractivity contribution >= 4 is 40.1 Å². The third kappa shape index (κ3) is 3.83. The maximum atomic E-state index is 13.4. The smallest absolute Gasteiger partial charge is 0.226 e. The average molecular weight is 402 g/mol. The molecule has 0 spiro atoms. The minimum atomic E-state index is -0.468. The van der Waals surface area contributed by atoms with Gasteiger partial charge in [0.2, 0.25) is 5.95 Å². The fourth-order valence-corrected chi connectivity index (χ4v) is 3.54. The van der Waals surface area contributed by atoms with Gasteiger partial charge < -0.3 is 15.1 Å². The second kappa shape index (κ2) is 7.81. The van der Waals surface area contributed by atoms with Crippen LogP contribution in [0, 0.1) is 5.82 Å². The van der Waals surface area contributed by atoms with Gasteiger partial charge in [-0.1, -0.05) is 11.6 Å². The van der Waals surface area contributed by atoms with Gasteiger partial charge in [0.1, 0.15) is 23.2 Å². The number of benzene rings is 1. The molecule has 1 aromatic carbocycles. The molecular weight excluding hydrogens is 381 g/mol. The molecular formula is C19H21ClFN7. The summed E-state index contributed by atoms with van der Waals surface area (Å²) in [6.45, 7) is 1.79. The lowest BCUT2D eigenvalue weighted by Crippen LogP contribution is -2.45. The average Bonchev–Trinajstić information content (AvgIpc) is 2.71. The first-order chi connectivity index (χ1) is 13.5. The summed E-state index contributed by atoms with van der Waals surface area (Å²) in [5.74, 6) is 0.719. The standard InChI is InChI=1S/C19H21ClFN7/c1-27(2)13-4-3-7-28(10-13)19-22-9-16-17(26-19)18(24-11-23-16)25-12-5-6-15(21)14(20)8-12/h5-6,8-9,11,13H,3-4,7,10H2,1-2H3,(H,23,24,25). The summed E-state index contributed by atoms with van der Waals surface area (Å²) in [6, 6.07) is 4.89. The van der Waals surface area contributed by atoms with Gasteiger partial charge in [-0.25, -0.2) is 24.3 Å². The van der Waals surface area contributed by atoms with Gasteiger partial charge in [-0.3, -0.25) is 0 Å². The molecule has 0 amide bonds. The fraction of sp³-hybridized carbons (Fsp3) is 0.368. The second-order valence-corrected chi connectivity index (χ2v) is 7.49. The first-order valence-corrected chi connectivity index (χ1v) is 9.50. The minimum absolute atomic E-state index is 0.0433. The monoisotopic (exact) mass is 401 g/mol. The Morgan fingerprint density at radius 1 is 1.25 bits per heavy atom. The first kappa shape index (κ1) is 18.8. The summed E-state index contributed by atoms with van der Waals surface area (Å²) < 4.78 is 13.4. The molecule has 7 nitrogen and oxygen atoms in total. The zero-order chi connectivity index (χ0) is 19.7. The summed E-state index contributed by atoms with van der Waals surface area (Å²) in [5, 5.41) is 3.20. The van der Waals surface area contributed by atoms with E-state index in [9.17, 15) is 4.39 Å². The van der Waals surface area contributed by atoms with Crippen LogP contribution in [-0.4, -0.2) is 58.1 Å². The largest absolute Gasteiger partial charge is 0.339 e. The summed E-state index contributed by atoms with van der Waals surface area (Å²) in [7, 11) is 4.19. The van der Waals surface area contributed by atoms with E-state index in [2.05, 4.69) is 44.2 Å². The predicted octanol–water partition coefficient (Wildman–Crippen LogP) is 3.49. The van der Waals surface area contributed by atoms with E-state index in [1.54, 1.807) is 12.3 Å². The molecule has 1 aliphatic heterocycles. The van der Waals surface area contributed by atoms with Gasteiger partial charge in [0.25, 0.3) is 0 Å². The highest BCUT2D eigenvalue weighted by Gasteiger charge is 2.23. The van der Waals surface area contributed by atoms with Crippen molar-refractivity contribution in [2.45, 2.75) is 18.9 Å². The van der Waals surface area contributed by atoms with Crippen molar-refractivity contribution in [1.29, 1.82) is 0 Å². The van der Waals surface area contributed by atoms with Crippen molar-refractivity contribution in [2.24, 2.45) is 0 Å². The van der Waals surface area contributed by atoms with E-state index in [0.29, 0.717) is 34.5 Å². The van der Waals surface area contributed by atoms with Crippen molar-refractivity contribution < 1.29 is 4.39 Å². The summed E-state index contributed by atoms with van der Waals surface area (Å²) in [5.41, 5.74) is 1.87. The number of halogens is 2. The molecule has 146 valence electrons. The molecule has 1 fully saturated rings. The third-order valence-corrected chi connectivity index (χ3v) is 5.25. The topological polar surface area (TPSA) is 70.1 Å². The number of piperidine rings is 1. The third-order valence-electron chi connectivity index (χ3n) is 4.96. The number of hydrogen-bond donors (Lipinski definition) is 1. The highest BCUT2D eigenvalue weighted by molar-refractivity contribution is 6.31. The molecule has 1 atom stereocenters. The lowest BCUT2D eigenvalue weighted by molar-refractivity contribution is 0.257. The number of fused-ring (bicyclic) bond motifs is 1. The van der Waals surface area contributed by atoms with E-state index in [1.807, 2.05) is 0 Å². The maximum absolute atomic E-state index is 13.4. The Morgan fingerprint density at radius 3 is 2.89 bits per heavy atom. The molecule has 9 heteroatoms. The van der Waals surface area contributed by atoms with Crippen LogP contribution in [0.25, 0.3) is 11.0 Å². The van der Waals surface area contributed by atoms with Crippen LogP contribution < -0.4 is 10.2 Å². The molecule has 3 heterocycles. The van der Waals surface area contributed by atoms with Crippen molar-refractivity contribution in [1.82, 2.24) is 24.8 Å². The van der Waals surface area contributed by atoms with E-state index >= 15 is 0 Å². The first-order valence-electron chi connectivity index (χ1n) is 9.12. The van der Waals surface area contributed by atoms with Crippen molar-refractivity contribution in [3.63, 3.8) is 0 Å². The van der Waals surface area contributed by atoms with E-state index in [0.717, 1.165) is 19.5 Å². The number of rotatable bonds is 4. The van der Waals surface area contributed by atoms with E-state index in [4.69, 9.17) is 16.6 Å². The molecule has 3 aromatic rings. The molecule has 0 radical (unpaired) electrons. The maximum Gasteiger partial charge on any atom is 0.226 e. The SMILES string of the molecule is CN(C)C1CCCN(c2ncc3ncnc(Nc4ccc(F)c(Cl)c4)c3n2)C1. The Morgan fingerprint density at radius 2 is 2.11 bits per heavy atom. The zero-order valence-corrected chi connectivity index (χ0v) is 16.5. The van der Waals surface area contributed by atoms with Crippen LogP contribution >= 0.6 is 11.6 Å². The Balaban J connectivity index is 1.66. The van der Waals surface area contributed by atoms with Gasteiger partial charge >= 0.3 is 0 Å². The van der Waals surface area contributed by atoms with Gasteiger partial charge in [-0.05, 0) is 45.1 Å². The molecule has 0 bridgehead atoms. The molecule has 1 aliphatic rings. The quantitative estimate of drug-likeness (QED) is 0.717. The second-order valence-electron chi connectivity index (χ2n) is 7.09. The van der Waals surface area contributed by atoms with Crippen LogP contribution in [0.5, 0.6) is 0 Å². The molecule has 28 heavy (non-hydrogen) atoms. The Bertz CT molecular complexity index is 997. The lowest BCUT2D eigenvalue weighted by Gasteiger charge is -2.36. The molecule has 1 N–H and O–H groups in total. The van der Waals surface area contributed by atoms with Gasteiger partial charge in [-0.2, -0.15) is 0 Å². The van der Waals surface area contributed by atoms with Crippen molar-refractivity contribution in [3.05, 3.63) is 41.6 Å². The highest BCUT2D eigenvalue weighted by Crippen LogP contribution is 2.26. The Hall–Kier alpha value is -2.58. The highest BCUT2D eigenvalue weighted by atomic mass is 35.5. The van der Waals surface area contributed by atoms with E-state index in [1.165, 1.54) is 24.9 Å². The number of aromatic nitrogens is 4. The van der Waals surface area contributed by atoms with Crippen LogP contribution in [0.2, 0.25) is 5.02 Å². The number of hydrogen-bond acceptors (Lipinski definition) is 7. The van der Waals surface area contributed by atoms with E-state index in [-0.39, 0.29) is 5.02 Å². The van der Waals surface area contributed by atoms with Crippen molar-refractivity contribution in [3.8, 4) is 0 Å². The van der Waals surface area contributed by atoms with Crippen LogP contribution in [0.15, 0.2) is 30.7 Å². The number of likely N-dealkylation sites (N-methyl/N-ethyl adjacent to an activating group) is 1. The fourth-order valence-electron chi connectivity index (χ4n) is 3.36. The predicted molar refractivity (Wildman–Crippen MR) is 109 cm³/mol. The molecule has 1 unspecified atom stereocenters. The van der Waals surface area contributed by atoms with Gasteiger partial charge in [0.15, 0.2) is 5.82 Å². The number of anilines is 3. The summed E-state index contributed by atoms with van der Waals surface area (Å²) in [6.07, 6.45) is 5.41. The van der Waals surface area contributed by atoms with Crippen molar-refractivity contribution in [2.75, 3.05) is 37.4 Å². The number of nitrogens with zero attached hydrogens (tertiary/aromatic N) is 6. The molecule has 0 saturated carbocycles. The zero-order valence-electron chi connectivity index (χ0n) is 15.7. The minimum Gasteiger partial charge on any atom is -0.339 e. The molecule has 0 aliphatic carbocycles. The number of nitrogens with one attached hydrogen (secondary N) is 1. The molecule has 4 rings (SSSR count). The summed E-state index contributed by atoms with van der Waals surface area (Å²) in [4.78, 5) is 22.2. The molecule has 2 aromatic heterocycles. The van der Waals surface area contributed by atoms with Gasteiger partial charge in [0.05, 0.1) is 11.2 Å². The Labute approximate surface area is 167 Å². The Kier molecular flexibility index (Phi) is 5.23. The summed E-state index contributed by atoms with van der Waals surface area (Å²) >= 11 is 5.88. The van der Waals surface area contributed by atoms with E-state index < -0.39 is 5.82 Å². The van der Waals surface area contributed by atoms with Gasteiger partial charge in [-0.15, -0.1) is 0 Å². The van der Waals surface area contributed by atoms with Crippen LogP contribution in [0.3, 0.4) is 0 Å². The van der Waals surface area contributed by atoms with Gasteiger partial charge in [0, 0.05) is 24.8 Å².